The van der Waals surface area contributed by atoms with Crippen molar-refractivity contribution in [3.05, 3.63) is 42.7 Å². The molecule has 4 heterocycles. The van der Waals surface area contributed by atoms with Crippen LogP contribution >= 0.6 is 0 Å². The summed E-state index contributed by atoms with van der Waals surface area (Å²) in [6, 6.07) is 3.13. The van der Waals surface area contributed by atoms with Crippen LogP contribution in [0.3, 0.4) is 0 Å². The average molecular weight is 376 g/mol. The van der Waals surface area contributed by atoms with Gasteiger partial charge in [0, 0.05) is 47.5 Å². The fourth-order valence-electron chi connectivity index (χ4n) is 4.05. The molecule has 0 aliphatic heterocycles. The first-order valence-electron chi connectivity index (χ1n) is 9.79. The van der Waals surface area contributed by atoms with Crippen LogP contribution in [0.5, 0.6) is 0 Å². The molecule has 0 spiro atoms. The van der Waals surface area contributed by atoms with Gasteiger partial charge in [-0.1, -0.05) is 0 Å². The number of hydrogen-bond acceptors (Lipinski definition) is 6. The minimum absolute atomic E-state index is 0.438. The van der Waals surface area contributed by atoms with Crippen LogP contribution < -0.4 is 10.6 Å². The lowest BCUT2D eigenvalue weighted by Gasteiger charge is -2.28. The van der Waals surface area contributed by atoms with Crippen molar-refractivity contribution in [3.8, 4) is 11.1 Å². The number of nitrogens with one attached hydrogen (secondary N) is 2. The van der Waals surface area contributed by atoms with Gasteiger partial charge in [0.25, 0.3) is 0 Å². The van der Waals surface area contributed by atoms with E-state index in [4.69, 9.17) is 0 Å². The fraction of sp³-hybridized carbons (Fsp3) is 0.400. The Morgan fingerprint density at radius 1 is 1.00 bits per heavy atom. The molecule has 4 aromatic rings. The van der Waals surface area contributed by atoms with Crippen molar-refractivity contribution in [3.63, 3.8) is 0 Å². The van der Waals surface area contributed by atoms with E-state index in [9.17, 15) is 0 Å². The summed E-state index contributed by atoms with van der Waals surface area (Å²) < 4.78 is 3.88. The van der Waals surface area contributed by atoms with Crippen molar-refractivity contribution in [1.29, 1.82) is 0 Å². The predicted octanol–water partition coefficient (Wildman–Crippen LogP) is 2.69. The van der Waals surface area contributed by atoms with Crippen LogP contribution in [0.1, 0.15) is 31.4 Å². The standard InChI is InChI=1S/C20H24N8/c1-13-9-23-20-24-10-14(12-27(13)20)17-7-8-28-18(17)11-22-19(26-28)25-16-5-3-15(21-2)4-6-16/h7-12,15-16,21H,3-6H2,1-2H3,(H,25,26)/t15-,16-. The molecule has 8 heteroatoms. The predicted molar refractivity (Wildman–Crippen MR) is 108 cm³/mol. The van der Waals surface area contributed by atoms with Gasteiger partial charge in [-0.3, -0.25) is 4.40 Å². The number of nitrogens with zero attached hydrogens (tertiary/aromatic N) is 6. The molecule has 0 saturated heterocycles. The molecule has 28 heavy (non-hydrogen) atoms. The largest absolute Gasteiger partial charge is 0.350 e. The zero-order valence-corrected chi connectivity index (χ0v) is 16.1. The molecule has 2 N–H and O–H groups in total. The second kappa shape index (κ2) is 6.87. The molecule has 8 nitrogen and oxygen atoms in total. The fourth-order valence-corrected chi connectivity index (χ4v) is 4.05. The summed E-state index contributed by atoms with van der Waals surface area (Å²) in [4.78, 5) is 13.3. The zero-order valence-electron chi connectivity index (χ0n) is 16.1. The highest BCUT2D eigenvalue weighted by atomic mass is 15.3. The number of aryl methyl sites for hydroxylation is 1. The summed E-state index contributed by atoms with van der Waals surface area (Å²) in [7, 11) is 2.04. The lowest BCUT2D eigenvalue weighted by Crippen LogP contribution is -2.35. The zero-order chi connectivity index (χ0) is 19.1. The maximum Gasteiger partial charge on any atom is 0.241 e. The average Bonchev–Trinajstić information content (AvgIpc) is 3.32. The minimum Gasteiger partial charge on any atom is -0.350 e. The topological polar surface area (TPSA) is 84.4 Å². The number of fused-ring (bicyclic) bond motifs is 2. The molecule has 1 aliphatic rings. The Bertz CT molecular complexity index is 1120. The number of hydrogen-bond donors (Lipinski definition) is 2. The number of anilines is 1. The van der Waals surface area contributed by atoms with Crippen molar-refractivity contribution < 1.29 is 0 Å². The van der Waals surface area contributed by atoms with Crippen LogP contribution in [0, 0.1) is 6.92 Å². The van der Waals surface area contributed by atoms with E-state index in [0.29, 0.717) is 23.8 Å². The Morgan fingerprint density at radius 3 is 2.61 bits per heavy atom. The van der Waals surface area contributed by atoms with E-state index in [1.54, 1.807) is 0 Å². The maximum atomic E-state index is 4.66. The molecule has 1 aliphatic carbocycles. The third-order valence-corrected chi connectivity index (χ3v) is 5.75. The first-order chi connectivity index (χ1) is 13.7. The van der Waals surface area contributed by atoms with Crippen molar-refractivity contribution in [1.82, 2.24) is 34.3 Å². The van der Waals surface area contributed by atoms with Crippen LogP contribution in [0.4, 0.5) is 5.95 Å². The molecule has 0 amide bonds. The Balaban J connectivity index is 1.41. The summed E-state index contributed by atoms with van der Waals surface area (Å²) >= 11 is 0. The van der Waals surface area contributed by atoms with Gasteiger partial charge in [0.1, 0.15) is 0 Å². The van der Waals surface area contributed by atoms with E-state index in [0.717, 1.165) is 35.2 Å². The van der Waals surface area contributed by atoms with E-state index >= 15 is 0 Å². The molecular weight excluding hydrogens is 352 g/mol. The Morgan fingerprint density at radius 2 is 1.79 bits per heavy atom. The van der Waals surface area contributed by atoms with Gasteiger partial charge in [-0.15, -0.1) is 5.10 Å². The van der Waals surface area contributed by atoms with E-state index in [1.165, 1.54) is 12.8 Å². The van der Waals surface area contributed by atoms with E-state index in [1.807, 2.05) is 47.7 Å². The minimum atomic E-state index is 0.438. The van der Waals surface area contributed by atoms with Gasteiger partial charge in [-0.2, -0.15) is 0 Å². The molecule has 0 atom stereocenters. The second-order valence-corrected chi connectivity index (χ2v) is 7.53. The summed E-state index contributed by atoms with van der Waals surface area (Å²) in [5.41, 5.74) is 4.10. The number of imidazole rings is 1. The Kier molecular flexibility index (Phi) is 4.20. The molecular formula is C20H24N8. The number of aromatic nitrogens is 6. The van der Waals surface area contributed by atoms with Crippen molar-refractivity contribution in [2.75, 3.05) is 12.4 Å². The quantitative estimate of drug-likeness (QED) is 0.570. The van der Waals surface area contributed by atoms with Gasteiger partial charge in [-0.05, 0) is 45.7 Å². The molecule has 1 saturated carbocycles. The van der Waals surface area contributed by atoms with Gasteiger partial charge in [0.2, 0.25) is 11.7 Å². The molecule has 0 aromatic carbocycles. The van der Waals surface area contributed by atoms with Gasteiger partial charge in [-0.25, -0.2) is 19.5 Å². The van der Waals surface area contributed by atoms with Crippen LogP contribution in [-0.2, 0) is 0 Å². The maximum absolute atomic E-state index is 4.66. The SMILES string of the molecule is CN[C@H]1CC[C@H](Nc2ncc3c(-c4cnc5ncc(C)n5c4)ccn3n2)CC1. The van der Waals surface area contributed by atoms with Gasteiger partial charge < -0.3 is 10.6 Å². The molecule has 0 bridgehead atoms. The van der Waals surface area contributed by atoms with Crippen molar-refractivity contribution in [2.24, 2.45) is 0 Å². The molecule has 5 rings (SSSR count). The molecule has 144 valence electrons. The molecule has 4 aromatic heterocycles. The third kappa shape index (κ3) is 2.99. The normalized spacial score (nSPS) is 20.1. The first kappa shape index (κ1) is 17.1. The van der Waals surface area contributed by atoms with Crippen LogP contribution in [0.25, 0.3) is 22.4 Å². The van der Waals surface area contributed by atoms with Crippen LogP contribution in [0.2, 0.25) is 0 Å². The van der Waals surface area contributed by atoms with E-state index in [2.05, 4.69) is 42.9 Å². The Labute approximate surface area is 163 Å². The van der Waals surface area contributed by atoms with Crippen LogP contribution in [0.15, 0.2) is 37.1 Å². The van der Waals surface area contributed by atoms with Gasteiger partial charge in [0.15, 0.2) is 0 Å². The summed E-state index contributed by atoms with van der Waals surface area (Å²) in [6.45, 7) is 2.02. The lowest BCUT2D eigenvalue weighted by atomic mass is 9.91. The molecule has 1 fully saturated rings. The molecule has 0 radical (unpaired) electrons. The third-order valence-electron chi connectivity index (χ3n) is 5.75. The lowest BCUT2D eigenvalue weighted by molar-refractivity contribution is 0.370. The van der Waals surface area contributed by atoms with Crippen molar-refractivity contribution >= 4 is 17.2 Å². The molecule has 0 unspecified atom stereocenters. The second-order valence-electron chi connectivity index (χ2n) is 7.53. The number of rotatable bonds is 4. The summed E-state index contributed by atoms with van der Waals surface area (Å²) in [6.07, 6.45) is 14.3. The van der Waals surface area contributed by atoms with Gasteiger partial charge >= 0.3 is 0 Å². The van der Waals surface area contributed by atoms with E-state index in [-0.39, 0.29) is 0 Å². The smallest absolute Gasteiger partial charge is 0.241 e. The summed E-state index contributed by atoms with van der Waals surface area (Å²) in [5, 5.41) is 11.5. The van der Waals surface area contributed by atoms with Crippen LogP contribution in [-0.4, -0.2) is 48.1 Å². The summed E-state index contributed by atoms with van der Waals surface area (Å²) in [5.74, 6) is 1.39. The van der Waals surface area contributed by atoms with E-state index < -0.39 is 0 Å². The highest BCUT2D eigenvalue weighted by molar-refractivity contribution is 5.79. The Hall–Kier alpha value is -3.00. The monoisotopic (exact) mass is 376 g/mol. The van der Waals surface area contributed by atoms with Gasteiger partial charge in [0.05, 0.1) is 17.9 Å². The highest BCUT2D eigenvalue weighted by Crippen LogP contribution is 2.26. The van der Waals surface area contributed by atoms with Crippen molar-refractivity contribution in [2.45, 2.75) is 44.7 Å². The highest BCUT2D eigenvalue weighted by Gasteiger charge is 2.20. The first-order valence-corrected chi connectivity index (χ1v) is 9.79.